The first kappa shape index (κ1) is 22.8. The van der Waals surface area contributed by atoms with E-state index in [0.29, 0.717) is 12.8 Å². The minimum absolute atomic E-state index is 0.0811. The molecule has 3 N–H and O–H groups in total. The summed E-state index contributed by atoms with van der Waals surface area (Å²) < 4.78 is 13.4. The van der Waals surface area contributed by atoms with Crippen LogP contribution in [0.4, 0.5) is 4.39 Å². The fraction of sp³-hybridized carbons (Fsp3) is 0.762. The normalized spacial score (nSPS) is 27.5. The molecule has 0 spiro atoms. The fourth-order valence-electron chi connectivity index (χ4n) is 3.90. The van der Waals surface area contributed by atoms with E-state index in [9.17, 15) is 19.4 Å². The summed E-state index contributed by atoms with van der Waals surface area (Å²) in [4.78, 5) is 10.4. The maximum atomic E-state index is 13.4. The molecule has 0 aliphatic heterocycles. The number of carboxylic acid groups (broad SMARTS) is 1. The predicted molar refractivity (Wildman–Crippen MR) is 102 cm³/mol. The van der Waals surface area contributed by atoms with Gasteiger partial charge in [0.25, 0.3) is 0 Å². The van der Waals surface area contributed by atoms with Crippen molar-refractivity contribution < 1.29 is 24.5 Å². The summed E-state index contributed by atoms with van der Waals surface area (Å²) in [5.41, 5.74) is 0. The van der Waals surface area contributed by atoms with Crippen molar-refractivity contribution in [3.63, 3.8) is 0 Å². The number of halogens is 1. The highest BCUT2D eigenvalue weighted by molar-refractivity contribution is 5.79. The maximum absolute atomic E-state index is 13.4. The van der Waals surface area contributed by atoms with Gasteiger partial charge in [-0.25, -0.2) is 4.79 Å². The minimum Gasteiger partial charge on any atom is -0.478 e. The van der Waals surface area contributed by atoms with Gasteiger partial charge in [-0.15, -0.1) is 0 Å². The van der Waals surface area contributed by atoms with Crippen LogP contribution in [-0.4, -0.2) is 40.2 Å². The molecule has 5 atom stereocenters. The minimum atomic E-state index is -0.941. The summed E-state index contributed by atoms with van der Waals surface area (Å²) in [5, 5.41) is 28.9. The van der Waals surface area contributed by atoms with Crippen LogP contribution in [0.2, 0.25) is 0 Å². The van der Waals surface area contributed by atoms with Crippen LogP contribution in [0.3, 0.4) is 0 Å². The van der Waals surface area contributed by atoms with E-state index in [-0.39, 0.29) is 17.8 Å². The molecule has 26 heavy (non-hydrogen) atoms. The Hall–Kier alpha value is -1.20. The van der Waals surface area contributed by atoms with E-state index in [4.69, 9.17) is 5.11 Å². The van der Waals surface area contributed by atoms with Gasteiger partial charge in [-0.2, -0.15) is 0 Å². The number of aliphatic carboxylic acids is 1. The van der Waals surface area contributed by atoms with Gasteiger partial charge < -0.3 is 15.3 Å². The number of carboxylic acids is 1. The van der Waals surface area contributed by atoms with Crippen LogP contribution < -0.4 is 0 Å². The molecule has 1 rings (SSSR count). The van der Waals surface area contributed by atoms with Crippen LogP contribution >= 0.6 is 0 Å². The van der Waals surface area contributed by atoms with Crippen LogP contribution in [-0.2, 0) is 4.79 Å². The topological polar surface area (TPSA) is 77.8 Å². The molecule has 1 fully saturated rings. The Balaban J connectivity index is 2.51. The van der Waals surface area contributed by atoms with Gasteiger partial charge in [0.1, 0.15) is 0 Å². The van der Waals surface area contributed by atoms with Gasteiger partial charge in [-0.3, -0.25) is 4.39 Å². The molecule has 0 aromatic rings. The van der Waals surface area contributed by atoms with E-state index in [1.807, 2.05) is 6.08 Å². The van der Waals surface area contributed by atoms with E-state index in [1.165, 1.54) is 0 Å². The molecule has 1 aliphatic carbocycles. The molecule has 1 unspecified atom stereocenters. The number of carbonyl (C=O) groups is 1. The van der Waals surface area contributed by atoms with Gasteiger partial charge in [0.2, 0.25) is 0 Å². The molecule has 0 radical (unpaired) electrons. The standard InChI is InChI=1S/C21H35FO4/c1-2-3-6-9-17(23)12-13-19-18(16(15-22)14-20(19)24)10-7-4-5-8-11-21(25)26/h8,11-13,16-20,23-24H,2-7,9-10,14-15H2,1H3,(H,25,26)/t16-,17?,18-,19+,20+/m0/s1. The van der Waals surface area contributed by atoms with Gasteiger partial charge in [0.05, 0.1) is 18.9 Å². The molecule has 1 aliphatic rings. The number of hydrogen-bond acceptors (Lipinski definition) is 3. The molecule has 0 amide bonds. The molecule has 5 heteroatoms. The molecule has 0 aromatic heterocycles. The molecular formula is C21H35FO4. The quantitative estimate of drug-likeness (QED) is 0.257. The summed E-state index contributed by atoms with van der Waals surface area (Å²) in [6.45, 7) is 1.69. The van der Waals surface area contributed by atoms with Crippen molar-refractivity contribution >= 4 is 5.97 Å². The Bertz CT molecular complexity index is 449. The highest BCUT2D eigenvalue weighted by atomic mass is 19.1. The van der Waals surface area contributed by atoms with Crippen molar-refractivity contribution in [2.24, 2.45) is 17.8 Å². The second kappa shape index (κ2) is 13.0. The van der Waals surface area contributed by atoms with Crippen molar-refractivity contribution in [3.8, 4) is 0 Å². The molecule has 0 heterocycles. The number of allylic oxidation sites excluding steroid dienone is 1. The largest absolute Gasteiger partial charge is 0.478 e. The van der Waals surface area contributed by atoms with Crippen molar-refractivity contribution in [1.29, 1.82) is 0 Å². The lowest BCUT2D eigenvalue weighted by Gasteiger charge is -2.22. The average Bonchev–Trinajstić information content (AvgIpc) is 2.91. The summed E-state index contributed by atoms with van der Waals surface area (Å²) >= 11 is 0. The predicted octanol–water partition coefficient (Wildman–Crippen LogP) is 4.27. The van der Waals surface area contributed by atoms with Crippen LogP contribution in [0.15, 0.2) is 24.3 Å². The van der Waals surface area contributed by atoms with Crippen LogP contribution in [0.1, 0.15) is 64.7 Å². The first-order valence-electron chi connectivity index (χ1n) is 9.99. The van der Waals surface area contributed by atoms with Crippen LogP contribution in [0.25, 0.3) is 0 Å². The Morgan fingerprint density at radius 3 is 2.69 bits per heavy atom. The lowest BCUT2D eigenvalue weighted by molar-refractivity contribution is -0.131. The summed E-state index contributed by atoms with van der Waals surface area (Å²) in [7, 11) is 0. The Morgan fingerprint density at radius 2 is 2.04 bits per heavy atom. The van der Waals surface area contributed by atoms with Gasteiger partial charge in [-0.05, 0) is 43.9 Å². The second-order valence-electron chi connectivity index (χ2n) is 7.43. The third-order valence-electron chi connectivity index (χ3n) is 5.36. The van der Waals surface area contributed by atoms with E-state index >= 15 is 0 Å². The van der Waals surface area contributed by atoms with Crippen LogP contribution in [0.5, 0.6) is 0 Å². The highest BCUT2D eigenvalue weighted by Gasteiger charge is 2.40. The van der Waals surface area contributed by atoms with Gasteiger partial charge in [-0.1, -0.05) is 50.8 Å². The molecule has 150 valence electrons. The summed E-state index contributed by atoms with van der Waals surface area (Å²) in [6, 6.07) is 0. The molecular weight excluding hydrogens is 335 g/mol. The molecule has 1 saturated carbocycles. The average molecular weight is 371 g/mol. The lowest BCUT2D eigenvalue weighted by Crippen LogP contribution is -2.20. The van der Waals surface area contributed by atoms with E-state index in [2.05, 4.69) is 6.92 Å². The Morgan fingerprint density at radius 1 is 1.27 bits per heavy atom. The number of aliphatic hydroxyl groups is 2. The molecule has 0 saturated heterocycles. The number of alkyl halides is 1. The number of rotatable bonds is 13. The number of unbranched alkanes of at least 4 members (excludes halogenated alkanes) is 4. The Labute approximate surface area is 156 Å². The second-order valence-corrected chi connectivity index (χ2v) is 7.43. The smallest absolute Gasteiger partial charge is 0.327 e. The highest BCUT2D eigenvalue weighted by Crippen LogP contribution is 2.41. The van der Waals surface area contributed by atoms with Gasteiger partial charge in [0.15, 0.2) is 0 Å². The first-order chi connectivity index (χ1) is 12.5. The van der Waals surface area contributed by atoms with Crippen molar-refractivity contribution in [2.75, 3.05) is 6.67 Å². The van der Waals surface area contributed by atoms with Gasteiger partial charge >= 0.3 is 5.97 Å². The third kappa shape index (κ3) is 8.45. The third-order valence-corrected chi connectivity index (χ3v) is 5.36. The molecule has 4 nitrogen and oxygen atoms in total. The van der Waals surface area contributed by atoms with Crippen molar-refractivity contribution in [2.45, 2.75) is 76.9 Å². The van der Waals surface area contributed by atoms with Crippen LogP contribution in [0, 0.1) is 17.8 Å². The first-order valence-corrected chi connectivity index (χ1v) is 9.99. The molecule has 0 aromatic carbocycles. The SMILES string of the molecule is CCCCCC(O)C=C[C@@H]1[C@@H](CCCCC=CC(=O)O)[C@H](CF)C[C@H]1O. The van der Waals surface area contributed by atoms with E-state index in [1.54, 1.807) is 12.2 Å². The fourth-order valence-corrected chi connectivity index (χ4v) is 3.90. The van der Waals surface area contributed by atoms with Crippen molar-refractivity contribution in [1.82, 2.24) is 0 Å². The van der Waals surface area contributed by atoms with E-state index < -0.39 is 24.9 Å². The molecule has 0 bridgehead atoms. The zero-order valence-corrected chi connectivity index (χ0v) is 15.9. The zero-order chi connectivity index (χ0) is 19.4. The number of aliphatic hydroxyl groups excluding tert-OH is 2. The summed E-state index contributed by atoms with van der Waals surface area (Å²) in [5.74, 6) is -1.10. The van der Waals surface area contributed by atoms with Crippen molar-refractivity contribution in [3.05, 3.63) is 24.3 Å². The number of hydrogen-bond donors (Lipinski definition) is 3. The van der Waals surface area contributed by atoms with Gasteiger partial charge in [0, 0.05) is 12.0 Å². The lowest BCUT2D eigenvalue weighted by atomic mass is 9.84. The maximum Gasteiger partial charge on any atom is 0.327 e. The van der Waals surface area contributed by atoms with E-state index in [0.717, 1.165) is 51.0 Å². The monoisotopic (exact) mass is 370 g/mol. The summed E-state index contributed by atoms with van der Waals surface area (Å²) in [6.07, 6.45) is 13.0. The Kier molecular flexibility index (Phi) is 11.5. The zero-order valence-electron chi connectivity index (χ0n) is 15.9.